The highest BCUT2D eigenvalue weighted by molar-refractivity contribution is 5.77. The van der Waals surface area contributed by atoms with Crippen molar-refractivity contribution < 1.29 is 4.79 Å². The van der Waals surface area contributed by atoms with Crippen molar-refractivity contribution in [1.82, 2.24) is 10.3 Å². The Balaban J connectivity index is 1.88. The summed E-state index contributed by atoms with van der Waals surface area (Å²) in [4.78, 5) is 13.9. The van der Waals surface area contributed by atoms with Crippen LogP contribution in [0.25, 0.3) is 0 Å². The van der Waals surface area contributed by atoms with E-state index in [9.17, 15) is 4.79 Å². The van der Waals surface area contributed by atoms with Crippen LogP contribution >= 0.6 is 0 Å². The second kappa shape index (κ2) is 5.15. The number of hydrazine groups is 1. The van der Waals surface area contributed by atoms with Gasteiger partial charge in [-0.3, -0.25) is 15.1 Å². The zero-order valence-corrected chi connectivity index (χ0v) is 10.1. The lowest BCUT2D eigenvalue weighted by atomic mass is 9.85. The minimum Gasteiger partial charge on any atom is -0.299 e. The summed E-state index contributed by atoms with van der Waals surface area (Å²) in [5.74, 6) is 6.01. The first-order valence-corrected chi connectivity index (χ1v) is 6.47. The minimum atomic E-state index is -0.0424. The molecule has 16 heavy (non-hydrogen) atoms. The number of carbonyl (C=O) groups excluding carboxylic acids is 1. The highest BCUT2D eigenvalue weighted by Gasteiger charge is 2.36. The summed E-state index contributed by atoms with van der Waals surface area (Å²) < 4.78 is 0. The van der Waals surface area contributed by atoms with E-state index < -0.39 is 0 Å². The topological polar surface area (TPSA) is 58.4 Å². The Morgan fingerprint density at radius 1 is 1.44 bits per heavy atom. The third kappa shape index (κ3) is 2.38. The zero-order valence-electron chi connectivity index (χ0n) is 10.1. The lowest BCUT2D eigenvalue weighted by molar-refractivity contribution is -0.125. The van der Waals surface area contributed by atoms with Crippen molar-refractivity contribution >= 4 is 5.91 Å². The standard InChI is InChI=1S/C12H23N3O/c1-9(12(16)14-13)8-15-7-6-10-4-2-3-5-11(10)15/h9-11H,2-8,13H2,1H3,(H,14,16). The van der Waals surface area contributed by atoms with Crippen LogP contribution in [0, 0.1) is 11.8 Å². The van der Waals surface area contributed by atoms with Crippen molar-refractivity contribution in [2.45, 2.75) is 45.1 Å². The number of rotatable bonds is 3. The Bertz CT molecular complexity index is 257. The molecule has 3 atom stereocenters. The fourth-order valence-corrected chi connectivity index (χ4v) is 3.31. The van der Waals surface area contributed by atoms with E-state index in [1.165, 1.54) is 32.1 Å². The van der Waals surface area contributed by atoms with Gasteiger partial charge in [-0.1, -0.05) is 19.8 Å². The zero-order chi connectivity index (χ0) is 11.5. The number of carbonyl (C=O) groups is 1. The van der Waals surface area contributed by atoms with E-state index in [-0.39, 0.29) is 11.8 Å². The van der Waals surface area contributed by atoms with Gasteiger partial charge in [0.2, 0.25) is 5.91 Å². The van der Waals surface area contributed by atoms with Gasteiger partial charge in [0.15, 0.2) is 0 Å². The molecular weight excluding hydrogens is 202 g/mol. The number of fused-ring (bicyclic) bond motifs is 1. The normalized spacial score (nSPS) is 32.1. The van der Waals surface area contributed by atoms with Gasteiger partial charge in [0.05, 0.1) is 0 Å². The number of amides is 1. The third-order valence-corrected chi connectivity index (χ3v) is 4.22. The van der Waals surface area contributed by atoms with Gasteiger partial charge >= 0.3 is 0 Å². The van der Waals surface area contributed by atoms with Gasteiger partial charge in [-0.15, -0.1) is 0 Å². The van der Waals surface area contributed by atoms with E-state index >= 15 is 0 Å². The molecular formula is C12H23N3O. The van der Waals surface area contributed by atoms with Gasteiger partial charge < -0.3 is 0 Å². The van der Waals surface area contributed by atoms with E-state index in [1.807, 2.05) is 6.92 Å². The molecule has 1 aliphatic carbocycles. The lowest BCUT2D eigenvalue weighted by Crippen LogP contribution is -2.43. The molecule has 0 spiro atoms. The molecule has 2 fully saturated rings. The first kappa shape index (κ1) is 11.9. The maximum absolute atomic E-state index is 11.4. The number of nitrogens with one attached hydrogen (secondary N) is 1. The molecule has 1 heterocycles. The van der Waals surface area contributed by atoms with Crippen LogP contribution in [0.1, 0.15) is 39.0 Å². The van der Waals surface area contributed by atoms with Gasteiger partial charge in [0, 0.05) is 18.5 Å². The monoisotopic (exact) mass is 225 g/mol. The fourth-order valence-electron chi connectivity index (χ4n) is 3.31. The Labute approximate surface area is 97.5 Å². The van der Waals surface area contributed by atoms with Crippen LogP contribution in [0.15, 0.2) is 0 Å². The molecule has 0 aromatic carbocycles. The predicted octanol–water partition coefficient (Wildman–Crippen LogP) is 0.877. The third-order valence-electron chi connectivity index (χ3n) is 4.22. The first-order chi connectivity index (χ1) is 7.72. The molecule has 1 aliphatic heterocycles. The second-order valence-corrected chi connectivity index (χ2v) is 5.31. The van der Waals surface area contributed by atoms with Crippen molar-refractivity contribution in [1.29, 1.82) is 0 Å². The number of nitrogens with two attached hydrogens (primary N) is 1. The maximum atomic E-state index is 11.4. The largest absolute Gasteiger partial charge is 0.299 e. The second-order valence-electron chi connectivity index (χ2n) is 5.31. The van der Waals surface area contributed by atoms with Crippen molar-refractivity contribution in [2.75, 3.05) is 13.1 Å². The average molecular weight is 225 g/mol. The fraction of sp³-hybridized carbons (Fsp3) is 0.917. The van der Waals surface area contributed by atoms with Crippen LogP contribution in [-0.4, -0.2) is 29.9 Å². The van der Waals surface area contributed by atoms with E-state index in [4.69, 9.17) is 5.84 Å². The highest BCUT2D eigenvalue weighted by atomic mass is 16.2. The lowest BCUT2D eigenvalue weighted by Gasteiger charge is -2.32. The first-order valence-electron chi connectivity index (χ1n) is 6.47. The molecule has 0 aromatic heterocycles. The molecule has 4 nitrogen and oxygen atoms in total. The van der Waals surface area contributed by atoms with Gasteiger partial charge in [-0.2, -0.15) is 0 Å². The molecule has 0 bridgehead atoms. The van der Waals surface area contributed by atoms with Crippen molar-refractivity contribution in [3.63, 3.8) is 0 Å². The van der Waals surface area contributed by atoms with Crippen molar-refractivity contribution in [2.24, 2.45) is 17.7 Å². The van der Waals surface area contributed by atoms with Gasteiger partial charge in [0.1, 0.15) is 0 Å². The molecule has 1 amide bonds. The summed E-state index contributed by atoms with van der Waals surface area (Å²) in [5.41, 5.74) is 2.25. The molecule has 3 N–H and O–H groups in total. The predicted molar refractivity (Wildman–Crippen MR) is 63.4 cm³/mol. The quantitative estimate of drug-likeness (QED) is 0.426. The molecule has 1 saturated heterocycles. The molecule has 0 radical (unpaired) electrons. The maximum Gasteiger partial charge on any atom is 0.237 e. The Hall–Kier alpha value is -0.610. The summed E-state index contributed by atoms with van der Waals surface area (Å²) in [6.07, 6.45) is 6.78. The minimum absolute atomic E-state index is 0.00526. The molecule has 3 unspecified atom stereocenters. The van der Waals surface area contributed by atoms with Crippen molar-refractivity contribution in [3.05, 3.63) is 0 Å². The number of likely N-dealkylation sites (tertiary alicyclic amines) is 1. The summed E-state index contributed by atoms with van der Waals surface area (Å²) in [5, 5.41) is 0. The highest BCUT2D eigenvalue weighted by Crippen LogP contribution is 2.36. The van der Waals surface area contributed by atoms with E-state index in [0.29, 0.717) is 0 Å². The van der Waals surface area contributed by atoms with Crippen LogP contribution in [-0.2, 0) is 4.79 Å². The van der Waals surface area contributed by atoms with Gasteiger partial charge in [-0.05, 0) is 31.7 Å². The van der Waals surface area contributed by atoms with Crippen LogP contribution in [0.3, 0.4) is 0 Å². The van der Waals surface area contributed by atoms with Crippen LogP contribution in [0.4, 0.5) is 0 Å². The van der Waals surface area contributed by atoms with Crippen LogP contribution in [0.2, 0.25) is 0 Å². The SMILES string of the molecule is CC(CN1CCC2CCCCC21)C(=O)NN. The number of nitrogens with zero attached hydrogens (tertiary/aromatic N) is 1. The molecule has 0 aromatic rings. The molecule has 4 heteroatoms. The number of hydrogen-bond acceptors (Lipinski definition) is 3. The summed E-state index contributed by atoms with van der Waals surface area (Å²) >= 11 is 0. The summed E-state index contributed by atoms with van der Waals surface area (Å²) in [7, 11) is 0. The van der Waals surface area contributed by atoms with E-state index in [1.54, 1.807) is 0 Å². The Kier molecular flexibility index (Phi) is 3.82. The van der Waals surface area contributed by atoms with E-state index in [0.717, 1.165) is 25.0 Å². The Morgan fingerprint density at radius 2 is 2.19 bits per heavy atom. The molecule has 2 aliphatic rings. The van der Waals surface area contributed by atoms with Crippen LogP contribution < -0.4 is 11.3 Å². The number of hydrogen-bond donors (Lipinski definition) is 2. The van der Waals surface area contributed by atoms with E-state index in [2.05, 4.69) is 10.3 Å². The Morgan fingerprint density at radius 3 is 2.94 bits per heavy atom. The van der Waals surface area contributed by atoms with Gasteiger partial charge in [0.25, 0.3) is 0 Å². The van der Waals surface area contributed by atoms with Crippen molar-refractivity contribution in [3.8, 4) is 0 Å². The molecule has 1 saturated carbocycles. The summed E-state index contributed by atoms with van der Waals surface area (Å²) in [6.45, 7) is 3.99. The van der Waals surface area contributed by atoms with Crippen LogP contribution in [0.5, 0.6) is 0 Å². The average Bonchev–Trinajstić information content (AvgIpc) is 2.72. The summed E-state index contributed by atoms with van der Waals surface area (Å²) in [6, 6.07) is 0.738. The smallest absolute Gasteiger partial charge is 0.237 e. The molecule has 92 valence electrons. The molecule has 2 rings (SSSR count). The van der Waals surface area contributed by atoms with Gasteiger partial charge in [-0.25, -0.2) is 5.84 Å².